The number of aromatic nitrogens is 1. The van der Waals surface area contributed by atoms with E-state index in [1.165, 1.54) is 0 Å². The van der Waals surface area contributed by atoms with Crippen LogP contribution in [0.2, 0.25) is 0 Å². The maximum absolute atomic E-state index is 5.06. The number of aryl methyl sites for hydroxylation is 1. The van der Waals surface area contributed by atoms with Gasteiger partial charge in [-0.1, -0.05) is 6.92 Å². The summed E-state index contributed by atoms with van der Waals surface area (Å²) in [5.41, 5.74) is 1.14. The van der Waals surface area contributed by atoms with Crippen LogP contribution in [0.4, 0.5) is 0 Å². The van der Waals surface area contributed by atoms with Gasteiger partial charge in [-0.25, -0.2) is 4.98 Å². The van der Waals surface area contributed by atoms with Crippen molar-refractivity contribution in [2.75, 3.05) is 20.3 Å². The molecule has 14 heavy (non-hydrogen) atoms. The quantitative estimate of drug-likeness (QED) is 0.784. The largest absolute Gasteiger partial charge is 0.384 e. The van der Waals surface area contributed by atoms with E-state index in [1.54, 1.807) is 18.4 Å². The van der Waals surface area contributed by atoms with Crippen LogP contribution in [-0.4, -0.2) is 25.2 Å². The standard InChI is InChI=1S/C10H18N2OS/c1-8(6-13-3)4-11-5-10-7-14-9(2)12-10/h7-8,11H,4-6H2,1-3H3. The van der Waals surface area contributed by atoms with Crippen molar-refractivity contribution < 1.29 is 4.74 Å². The first-order valence-electron chi connectivity index (χ1n) is 4.83. The van der Waals surface area contributed by atoms with E-state index in [4.69, 9.17) is 4.74 Å². The number of nitrogens with one attached hydrogen (secondary N) is 1. The molecule has 0 fully saturated rings. The van der Waals surface area contributed by atoms with Crippen molar-refractivity contribution in [2.45, 2.75) is 20.4 Å². The first kappa shape index (κ1) is 11.6. The summed E-state index contributed by atoms with van der Waals surface area (Å²) in [6.45, 7) is 6.84. The first-order chi connectivity index (χ1) is 6.72. The van der Waals surface area contributed by atoms with Crippen LogP contribution in [-0.2, 0) is 11.3 Å². The van der Waals surface area contributed by atoms with Crippen molar-refractivity contribution in [2.24, 2.45) is 5.92 Å². The molecular weight excluding hydrogens is 196 g/mol. The van der Waals surface area contributed by atoms with Gasteiger partial charge in [-0.2, -0.15) is 0 Å². The van der Waals surface area contributed by atoms with Gasteiger partial charge in [0.25, 0.3) is 0 Å². The molecule has 1 aromatic rings. The Morgan fingerprint density at radius 1 is 1.64 bits per heavy atom. The molecule has 0 amide bonds. The van der Waals surface area contributed by atoms with Crippen LogP contribution in [0.3, 0.4) is 0 Å². The predicted octanol–water partition coefficient (Wildman–Crippen LogP) is 1.82. The summed E-state index contributed by atoms with van der Waals surface area (Å²) in [6, 6.07) is 0. The van der Waals surface area contributed by atoms with Crippen molar-refractivity contribution in [1.29, 1.82) is 0 Å². The summed E-state index contributed by atoms with van der Waals surface area (Å²) in [5, 5.41) is 6.60. The number of thiazole rings is 1. The molecule has 4 heteroatoms. The first-order valence-corrected chi connectivity index (χ1v) is 5.71. The van der Waals surface area contributed by atoms with Gasteiger partial charge in [0.2, 0.25) is 0 Å². The molecule has 0 aliphatic rings. The second-order valence-corrected chi connectivity index (χ2v) is 4.61. The molecule has 0 aliphatic heterocycles. The van der Waals surface area contributed by atoms with Gasteiger partial charge in [-0.3, -0.25) is 0 Å². The van der Waals surface area contributed by atoms with Crippen LogP contribution in [0.5, 0.6) is 0 Å². The Kier molecular flexibility index (Phi) is 5.07. The molecule has 1 heterocycles. The fourth-order valence-electron chi connectivity index (χ4n) is 1.28. The molecule has 0 saturated carbocycles. The Labute approximate surface area is 89.5 Å². The smallest absolute Gasteiger partial charge is 0.0897 e. The lowest BCUT2D eigenvalue weighted by Gasteiger charge is -2.10. The van der Waals surface area contributed by atoms with Crippen LogP contribution in [0.15, 0.2) is 5.38 Å². The number of rotatable bonds is 6. The Morgan fingerprint density at radius 3 is 3.00 bits per heavy atom. The van der Waals surface area contributed by atoms with E-state index in [-0.39, 0.29) is 0 Å². The number of hydrogen-bond donors (Lipinski definition) is 1. The highest BCUT2D eigenvalue weighted by Crippen LogP contribution is 2.07. The summed E-state index contributed by atoms with van der Waals surface area (Å²) in [7, 11) is 1.74. The summed E-state index contributed by atoms with van der Waals surface area (Å²) >= 11 is 1.70. The molecule has 0 aliphatic carbocycles. The molecule has 0 bridgehead atoms. The van der Waals surface area contributed by atoms with Crippen LogP contribution < -0.4 is 5.32 Å². The van der Waals surface area contributed by atoms with E-state index in [9.17, 15) is 0 Å². The van der Waals surface area contributed by atoms with Crippen molar-refractivity contribution in [3.05, 3.63) is 16.1 Å². The lowest BCUT2D eigenvalue weighted by atomic mass is 10.2. The number of ether oxygens (including phenoxy) is 1. The molecule has 1 atom stereocenters. The molecule has 1 unspecified atom stereocenters. The number of methoxy groups -OCH3 is 1. The lowest BCUT2D eigenvalue weighted by molar-refractivity contribution is 0.158. The van der Waals surface area contributed by atoms with Crippen molar-refractivity contribution in [3.8, 4) is 0 Å². The molecule has 1 rings (SSSR count). The minimum atomic E-state index is 0.555. The second-order valence-electron chi connectivity index (χ2n) is 3.55. The topological polar surface area (TPSA) is 34.1 Å². The Balaban J connectivity index is 2.15. The van der Waals surface area contributed by atoms with E-state index >= 15 is 0 Å². The van der Waals surface area contributed by atoms with Crippen molar-refractivity contribution in [3.63, 3.8) is 0 Å². The fourth-order valence-corrected chi connectivity index (χ4v) is 1.89. The third-order valence-corrected chi connectivity index (χ3v) is 2.74. The van der Waals surface area contributed by atoms with E-state index in [0.29, 0.717) is 5.92 Å². The van der Waals surface area contributed by atoms with Gasteiger partial charge in [-0.05, 0) is 12.8 Å². The van der Waals surface area contributed by atoms with E-state index in [2.05, 4.69) is 22.6 Å². The van der Waals surface area contributed by atoms with Crippen molar-refractivity contribution in [1.82, 2.24) is 10.3 Å². The molecule has 1 N–H and O–H groups in total. The molecule has 0 aromatic carbocycles. The average Bonchev–Trinajstić information content (AvgIpc) is 2.52. The fraction of sp³-hybridized carbons (Fsp3) is 0.700. The highest BCUT2D eigenvalue weighted by atomic mass is 32.1. The summed E-state index contributed by atoms with van der Waals surface area (Å²) in [4.78, 5) is 4.38. The van der Waals surface area contributed by atoms with Gasteiger partial charge in [0.1, 0.15) is 0 Å². The predicted molar refractivity (Wildman–Crippen MR) is 59.6 cm³/mol. The second kappa shape index (κ2) is 6.11. The summed E-state index contributed by atoms with van der Waals surface area (Å²) < 4.78 is 5.06. The minimum absolute atomic E-state index is 0.555. The molecular formula is C10H18N2OS. The maximum atomic E-state index is 5.06. The van der Waals surface area contributed by atoms with Gasteiger partial charge in [0, 0.05) is 32.2 Å². The molecule has 0 saturated heterocycles. The van der Waals surface area contributed by atoms with E-state index in [1.807, 2.05) is 6.92 Å². The van der Waals surface area contributed by atoms with E-state index in [0.717, 1.165) is 30.4 Å². The molecule has 0 spiro atoms. The zero-order valence-electron chi connectivity index (χ0n) is 9.04. The van der Waals surface area contributed by atoms with Gasteiger partial charge in [0.15, 0.2) is 0 Å². The van der Waals surface area contributed by atoms with Gasteiger partial charge in [0.05, 0.1) is 10.7 Å². The number of nitrogens with zero attached hydrogens (tertiary/aromatic N) is 1. The third-order valence-electron chi connectivity index (χ3n) is 1.92. The maximum Gasteiger partial charge on any atom is 0.0897 e. The van der Waals surface area contributed by atoms with Crippen LogP contribution in [0.25, 0.3) is 0 Å². The highest BCUT2D eigenvalue weighted by molar-refractivity contribution is 7.09. The normalized spacial score (nSPS) is 13.1. The van der Waals surface area contributed by atoms with Crippen LogP contribution >= 0.6 is 11.3 Å². The zero-order valence-corrected chi connectivity index (χ0v) is 9.86. The third kappa shape index (κ3) is 4.17. The molecule has 1 aromatic heterocycles. The van der Waals surface area contributed by atoms with Gasteiger partial charge in [-0.15, -0.1) is 11.3 Å². The Morgan fingerprint density at radius 2 is 2.43 bits per heavy atom. The minimum Gasteiger partial charge on any atom is -0.384 e. The van der Waals surface area contributed by atoms with Crippen molar-refractivity contribution >= 4 is 11.3 Å². The highest BCUT2D eigenvalue weighted by Gasteiger charge is 2.01. The van der Waals surface area contributed by atoms with Gasteiger partial charge >= 0.3 is 0 Å². The number of hydrogen-bond acceptors (Lipinski definition) is 4. The SMILES string of the molecule is COCC(C)CNCc1csc(C)n1. The lowest BCUT2D eigenvalue weighted by Crippen LogP contribution is -2.23. The van der Waals surface area contributed by atoms with Gasteiger partial charge < -0.3 is 10.1 Å². The van der Waals surface area contributed by atoms with E-state index < -0.39 is 0 Å². The monoisotopic (exact) mass is 214 g/mol. The average molecular weight is 214 g/mol. The zero-order chi connectivity index (χ0) is 10.4. The molecule has 0 radical (unpaired) electrons. The Hall–Kier alpha value is -0.450. The molecule has 3 nitrogen and oxygen atoms in total. The summed E-state index contributed by atoms with van der Waals surface area (Å²) in [6.07, 6.45) is 0. The Bertz CT molecular complexity index is 262. The van der Waals surface area contributed by atoms with Crippen LogP contribution in [0, 0.1) is 12.8 Å². The van der Waals surface area contributed by atoms with Crippen LogP contribution in [0.1, 0.15) is 17.6 Å². The molecule has 80 valence electrons. The summed E-state index contributed by atoms with van der Waals surface area (Å²) in [5.74, 6) is 0.555.